The maximum Gasteiger partial charge on any atom is 0.0586 e. The molecular weight excluding hydrogens is 210 g/mol. The van der Waals surface area contributed by atoms with Crippen molar-refractivity contribution in [2.45, 2.75) is 37.8 Å². The minimum absolute atomic E-state index is 0.0389. The minimum atomic E-state index is -0.0389. The van der Waals surface area contributed by atoms with Gasteiger partial charge in [0.05, 0.1) is 6.10 Å². The van der Waals surface area contributed by atoms with Crippen LogP contribution >= 0.6 is 0 Å². The highest BCUT2D eigenvalue weighted by atomic mass is 16.3. The summed E-state index contributed by atoms with van der Waals surface area (Å²) in [4.78, 5) is 0. The van der Waals surface area contributed by atoms with Crippen LogP contribution in [-0.4, -0.2) is 23.8 Å². The highest BCUT2D eigenvalue weighted by molar-refractivity contribution is 5.15. The number of rotatable bonds is 4. The smallest absolute Gasteiger partial charge is 0.0586 e. The van der Waals surface area contributed by atoms with E-state index in [-0.39, 0.29) is 6.10 Å². The Kier molecular flexibility index (Phi) is 3.17. The number of aliphatic hydroxyl groups is 1. The van der Waals surface area contributed by atoms with Gasteiger partial charge in [-0.2, -0.15) is 0 Å². The van der Waals surface area contributed by atoms with Crippen LogP contribution in [-0.2, 0) is 6.42 Å². The quantitative estimate of drug-likeness (QED) is 0.830. The summed E-state index contributed by atoms with van der Waals surface area (Å²) < 4.78 is 0. The predicted molar refractivity (Wildman–Crippen MR) is 68.8 cm³/mol. The Balaban J connectivity index is 1.49. The highest BCUT2D eigenvalue weighted by Crippen LogP contribution is 2.44. The second-order valence-corrected chi connectivity index (χ2v) is 5.52. The number of fused-ring (bicyclic) bond motifs is 2. The van der Waals surface area contributed by atoms with Gasteiger partial charge in [0, 0.05) is 12.0 Å². The van der Waals surface area contributed by atoms with Crippen molar-refractivity contribution >= 4 is 0 Å². The van der Waals surface area contributed by atoms with Crippen molar-refractivity contribution < 1.29 is 5.11 Å². The zero-order chi connectivity index (χ0) is 11.7. The van der Waals surface area contributed by atoms with E-state index in [2.05, 4.69) is 35.6 Å². The Morgan fingerprint density at radius 3 is 2.65 bits per heavy atom. The van der Waals surface area contributed by atoms with Crippen LogP contribution in [0.5, 0.6) is 0 Å². The average molecular weight is 231 g/mol. The molecule has 17 heavy (non-hydrogen) atoms. The van der Waals surface area contributed by atoms with Crippen LogP contribution in [0.15, 0.2) is 30.3 Å². The summed E-state index contributed by atoms with van der Waals surface area (Å²) in [6, 6.07) is 11.2. The molecule has 0 spiro atoms. The summed E-state index contributed by atoms with van der Waals surface area (Å²) in [6.07, 6.45) is 4.60. The van der Waals surface area contributed by atoms with Gasteiger partial charge in [-0.15, -0.1) is 0 Å². The standard InChI is InChI=1S/C15H21NO/c17-14-10-12-6-7-13(14)15(12)16-9-8-11-4-2-1-3-5-11/h1-5,12-17H,6-10H2/t12?,13-,14-,15?/m1/s1. The Morgan fingerprint density at radius 2 is 2.00 bits per heavy atom. The fourth-order valence-electron chi connectivity index (χ4n) is 3.64. The predicted octanol–water partition coefficient (Wildman–Crippen LogP) is 1.98. The lowest BCUT2D eigenvalue weighted by Gasteiger charge is -2.18. The van der Waals surface area contributed by atoms with E-state index >= 15 is 0 Å². The van der Waals surface area contributed by atoms with Crippen LogP contribution in [0.1, 0.15) is 24.8 Å². The molecule has 2 fully saturated rings. The molecule has 2 saturated carbocycles. The van der Waals surface area contributed by atoms with E-state index in [0.29, 0.717) is 12.0 Å². The topological polar surface area (TPSA) is 32.3 Å². The Bertz CT molecular complexity index is 364. The first-order valence-corrected chi connectivity index (χ1v) is 6.80. The van der Waals surface area contributed by atoms with Gasteiger partial charge in [0.25, 0.3) is 0 Å². The molecule has 2 aliphatic rings. The van der Waals surface area contributed by atoms with E-state index in [1.54, 1.807) is 0 Å². The van der Waals surface area contributed by atoms with E-state index < -0.39 is 0 Å². The molecule has 0 saturated heterocycles. The van der Waals surface area contributed by atoms with Crippen molar-refractivity contribution in [3.63, 3.8) is 0 Å². The van der Waals surface area contributed by atoms with Gasteiger partial charge in [-0.3, -0.25) is 0 Å². The number of hydrogen-bond acceptors (Lipinski definition) is 2. The highest BCUT2D eigenvalue weighted by Gasteiger charge is 2.46. The number of hydrogen-bond donors (Lipinski definition) is 2. The first kappa shape index (κ1) is 11.2. The fourth-order valence-corrected chi connectivity index (χ4v) is 3.64. The second-order valence-electron chi connectivity index (χ2n) is 5.52. The van der Waals surface area contributed by atoms with Gasteiger partial charge in [-0.25, -0.2) is 0 Å². The van der Waals surface area contributed by atoms with Crippen molar-refractivity contribution in [2.24, 2.45) is 11.8 Å². The zero-order valence-corrected chi connectivity index (χ0v) is 10.2. The van der Waals surface area contributed by atoms with Gasteiger partial charge in [0.15, 0.2) is 0 Å². The molecule has 2 nitrogen and oxygen atoms in total. The molecule has 4 atom stereocenters. The molecule has 0 amide bonds. The third kappa shape index (κ3) is 2.24. The van der Waals surface area contributed by atoms with Gasteiger partial charge in [-0.05, 0) is 43.7 Å². The maximum absolute atomic E-state index is 9.87. The van der Waals surface area contributed by atoms with Crippen molar-refractivity contribution in [1.29, 1.82) is 0 Å². The Morgan fingerprint density at radius 1 is 1.18 bits per heavy atom. The lowest BCUT2D eigenvalue weighted by Crippen LogP contribution is -2.36. The molecule has 0 heterocycles. The van der Waals surface area contributed by atoms with Crippen LogP contribution in [0.25, 0.3) is 0 Å². The first-order chi connectivity index (χ1) is 8.34. The number of aliphatic hydroxyl groups excluding tert-OH is 1. The third-order valence-electron chi connectivity index (χ3n) is 4.51. The van der Waals surface area contributed by atoms with Crippen molar-refractivity contribution in [3.8, 4) is 0 Å². The molecule has 2 bridgehead atoms. The Labute approximate surface area is 103 Å². The largest absolute Gasteiger partial charge is 0.393 e. The molecule has 0 radical (unpaired) electrons. The molecule has 92 valence electrons. The maximum atomic E-state index is 9.87. The Hall–Kier alpha value is -0.860. The lowest BCUT2D eigenvalue weighted by molar-refractivity contribution is 0.110. The van der Waals surface area contributed by atoms with Crippen LogP contribution in [0.3, 0.4) is 0 Å². The SMILES string of the molecule is O[C@@H]1CC2CC[C@H]1C2NCCc1ccccc1. The van der Waals surface area contributed by atoms with E-state index in [1.165, 1.54) is 18.4 Å². The summed E-state index contributed by atoms with van der Waals surface area (Å²) in [6.45, 7) is 1.04. The monoisotopic (exact) mass is 231 g/mol. The number of nitrogens with one attached hydrogen (secondary N) is 1. The van der Waals surface area contributed by atoms with Crippen molar-refractivity contribution in [1.82, 2.24) is 5.32 Å². The van der Waals surface area contributed by atoms with Gasteiger partial charge in [0.1, 0.15) is 0 Å². The molecular formula is C15H21NO. The van der Waals surface area contributed by atoms with Crippen molar-refractivity contribution in [3.05, 3.63) is 35.9 Å². The van der Waals surface area contributed by atoms with Crippen LogP contribution in [0, 0.1) is 11.8 Å². The summed E-state index contributed by atoms with van der Waals surface area (Å²) in [5, 5.41) is 13.5. The molecule has 2 heteroatoms. The molecule has 2 aliphatic carbocycles. The van der Waals surface area contributed by atoms with Crippen LogP contribution < -0.4 is 5.32 Å². The third-order valence-corrected chi connectivity index (χ3v) is 4.51. The van der Waals surface area contributed by atoms with E-state index in [9.17, 15) is 5.11 Å². The van der Waals surface area contributed by atoms with E-state index in [1.807, 2.05) is 0 Å². The van der Waals surface area contributed by atoms with Gasteiger partial charge in [0.2, 0.25) is 0 Å². The van der Waals surface area contributed by atoms with Crippen LogP contribution in [0.4, 0.5) is 0 Å². The molecule has 1 aromatic rings. The summed E-state index contributed by atoms with van der Waals surface area (Å²) in [5.74, 6) is 1.25. The van der Waals surface area contributed by atoms with Gasteiger partial charge >= 0.3 is 0 Å². The summed E-state index contributed by atoms with van der Waals surface area (Å²) in [7, 11) is 0. The van der Waals surface area contributed by atoms with Crippen molar-refractivity contribution in [2.75, 3.05) is 6.54 Å². The summed E-state index contributed by atoms with van der Waals surface area (Å²) in [5.41, 5.74) is 1.39. The second kappa shape index (κ2) is 4.79. The van der Waals surface area contributed by atoms with Crippen LogP contribution in [0.2, 0.25) is 0 Å². The zero-order valence-electron chi connectivity index (χ0n) is 10.2. The van der Waals surface area contributed by atoms with E-state index in [0.717, 1.165) is 25.3 Å². The average Bonchev–Trinajstić information content (AvgIpc) is 2.87. The molecule has 2 unspecified atom stereocenters. The summed E-state index contributed by atoms with van der Waals surface area (Å²) >= 11 is 0. The molecule has 2 N–H and O–H groups in total. The van der Waals surface area contributed by atoms with Gasteiger partial charge in [-0.1, -0.05) is 30.3 Å². The normalized spacial score (nSPS) is 35.4. The first-order valence-electron chi connectivity index (χ1n) is 6.80. The molecule has 0 aliphatic heterocycles. The fraction of sp³-hybridized carbons (Fsp3) is 0.600. The van der Waals surface area contributed by atoms with E-state index in [4.69, 9.17) is 0 Å². The van der Waals surface area contributed by atoms with Gasteiger partial charge < -0.3 is 10.4 Å². The molecule has 1 aromatic carbocycles. The molecule has 3 rings (SSSR count). The minimum Gasteiger partial charge on any atom is -0.393 e. The lowest BCUT2D eigenvalue weighted by atomic mass is 9.98. The number of benzene rings is 1. The molecule has 0 aromatic heterocycles.